The van der Waals surface area contributed by atoms with E-state index in [-0.39, 0.29) is 6.04 Å². The summed E-state index contributed by atoms with van der Waals surface area (Å²) < 4.78 is 0. The monoisotopic (exact) mass is 287 g/mol. The first kappa shape index (κ1) is 15.1. The summed E-state index contributed by atoms with van der Waals surface area (Å²) in [7, 11) is 0. The van der Waals surface area contributed by atoms with E-state index in [1.165, 1.54) is 11.1 Å². The summed E-state index contributed by atoms with van der Waals surface area (Å²) in [5.74, 6) is 0.527. The summed E-state index contributed by atoms with van der Waals surface area (Å²) in [4.78, 5) is 0. The normalized spacial score (nSPS) is 14.2. The Bertz CT molecular complexity index is 536. The second-order valence-corrected chi connectivity index (χ2v) is 6.01. The van der Waals surface area contributed by atoms with Crippen LogP contribution in [0.15, 0.2) is 54.6 Å². The van der Waals surface area contributed by atoms with Crippen molar-refractivity contribution in [2.45, 2.75) is 32.9 Å². The number of hydrogen-bond acceptors (Lipinski definition) is 1. The third-order valence-corrected chi connectivity index (χ3v) is 3.84. The van der Waals surface area contributed by atoms with Gasteiger partial charge in [-0.05, 0) is 36.1 Å². The number of hydrogen-bond donors (Lipinski definition) is 1. The second kappa shape index (κ2) is 6.92. The molecular weight excluding hydrogens is 266 g/mol. The largest absolute Gasteiger partial charge is 0.303 e. The molecular formula is C18H22ClN. The first-order valence-electron chi connectivity index (χ1n) is 7.14. The molecule has 0 heterocycles. The third kappa shape index (κ3) is 3.84. The molecule has 0 aliphatic heterocycles. The van der Waals surface area contributed by atoms with Gasteiger partial charge in [0.2, 0.25) is 0 Å². The molecule has 0 amide bonds. The summed E-state index contributed by atoms with van der Waals surface area (Å²) in [6, 6.07) is 19.3. The minimum atomic E-state index is 0.265. The molecule has 0 aliphatic rings. The molecule has 0 spiro atoms. The first-order chi connectivity index (χ1) is 9.58. The van der Waals surface area contributed by atoms with Crippen LogP contribution >= 0.6 is 11.6 Å². The van der Waals surface area contributed by atoms with Gasteiger partial charge in [-0.3, -0.25) is 0 Å². The van der Waals surface area contributed by atoms with Crippen LogP contribution in [0.4, 0.5) is 0 Å². The highest BCUT2D eigenvalue weighted by molar-refractivity contribution is 6.30. The number of nitrogens with one attached hydrogen (secondary N) is 1. The molecule has 2 atom stereocenters. The van der Waals surface area contributed by atoms with E-state index in [2.05, 4.69) is 62.5 Å². The molecule has 1 nitrogen and oxygen atoms in total. The molecule has 0 radical (unpaired) electrons. The van der Waals surface area contributed by atoms with Gasteiger partial charge in [-0.2, -0.15) is 0 Å². The van der Waals surface area contributed by atoms with Crippen LogP contribution in [0.5, 0.6) is 0 Å². The van der Waals surface area contributed by atoms with E-state index >= 15 is 0 Å². The molecule has 1 N–H and O–H groups in total. The van der Waals surface area contributed by atoms with E-state index in [4.69, 9.17) is 11.6 Å². The van der Waals surface area contributed by atoms with Gasteiger partial charge in [0.15, 0.2) is 0 Å². The lowest BCUT2D eigenvalue weighted by molar-refractivity contribution is 0.374. The van der Waals surface area contributed by atoms with Gasteiger partial charge >= 0.3 is 0 Å². The maximum Gasteiger partial charge on any atom is 0.0409 e. The van der Waals surface area contributed by atoms with Crippen molar-refractivity contribution in [1.82, 2.24) is 5.32 Å². The van der Waals surface area contributed by atoms with Crippen molar-refractivity contribution >= 4 is 11.6 Å². The molecule has 2 aromatic rings. The fourth-order valence-electron chi connectivity index (χ4n) is 2.48. The van der Waals surface area contributed by atoms with Crippen molar-refractivity contribution in [3.63, 3.8) is 0 Å². The molecule has 0 aromatic heterocycles. The van der Waals surface area contributed by atoms with Crippen LogP contribution in [0, 0.1) is 5.92 Å². The average molecular weight is 288 g/mol. The SMILES string of the molecule is CC(C)C(N[C@H](C)c1cccc(Cl)c1)c1ccccc1. The van der Waals surface area contributed by atoms with Crippen molar-refractivity contribution < 1.29 is 0 Å². The van der Waals surface area contributed by atoms with Crippen LogP contribution in [0.3, 0.4) is 0 Å². The minimum absolute atomic E-state index is 0.265. The molecule has 0 bridgehead atoms. The van der Waals surface area contributed by atoms with E-state index in [9.17, 15) is 0 Å². The van der Waals surface area contributed by atoms with Crippen LogP contribution in [-0.4, -0.2) is 0 Å². The van der Waals surface area contributed by atoms with Gasteiger partial charge in [0, 0.05) is 17.1 Å². The van der Waals surface area contributed by atoms with Gasteiger partial charge in [-0.15, -0.1) is 0 Å². The Kier molecular flexibility index (Phi) is 5.22. The van der Waals surface area contributed by atoms with Gasteiger partial charge in [0.1, 0.15) is 0 Å². The predicted molar refractivity (Wildman–Crippen MR) is 87.0 cm³/mol. The lowest BCUT2D eigenvalue weighted by Gasteiger charge is -2.27. The summed E-state index contributed by atoms with van der Waals surface area (Å²) in [5.41, 5.74) is 2.55. The Balaban J connectivity index is 2.17. The maximum atomic E-state index is 6.08. The fourth-order valence-corrected chi connectivity index (χ4v) is 2.67. The summed E-state index contributed by atoms with van der Waals surface area (Å²) >= 11 is 6.08. The zero-order valence-electron chi connectivity index (χ0n) is 12.3. The van der Waals surface area contributed by atoms with Crippen LogP contribution in [0.2, 0.25) is 5.02 Å². The molecule has 0 saturated heterocycles. The highest BCUT2D eigenvalue weighted by Crippen LogP contribution is 2.26. The number of benzene rings is 2. The van der Waals surface area contributed by atoms with Gasteiger partial charge in [0.25, 0.3) is 0 Å². The van der Waals surface area contributed by atoms with E-state index in [0.29, 0.717) is 12.0 Å². The molecule has 2 heteroatoms. The fraction of sp³-hybridized carbons (Fsp3) is 0.333. The van der Waals surface area contributed by atoms with Crippen LogP contribution in [0.1, 0.15) is 44.0 Å². The van der Waals surface area contributed by atoms with Gasteiger partial charge in [0.05, 0.1) is 0 Å². The molecule has 106 valence electrons. The topological polar surface area (TPSA) is 12.0 Å². The Morgan fingerprint density at radius 2 is 1.50 bits per heavy atom. The Morgan fingerprint density at radius 1 is 0.850 bits per heavy atom. The highest BCUT2D eigenvalue weighted by atomic mass is 35.5. The minimum Gasteiger partial charge on any atom is -0.303 e. The molecule has 20 heavy (non-hydrogen) atoms. The van der Waals surface area contributed by atoms with Crippen molar-refractivity contribution in [1.29, 1.82) is 0 Å². The van der Waals surface area contributed by atoms with Crippen LogP contribution < -0.4 is 5.32 Å². The number of halogens is 1. The standard InChI is InChI=1S/C18H22ClN/c1-13(2)18(15-8-5-4-6-9-15)20-14(3)16-10-7-11-17(19)12-16/h4-14,18,20H,1-3H3/t14-,18?/m1/s1. The zero-order chi connectivity index (χ0) is 14.5. The first-order valence-corrected chi connectivity index (χ1v) is 7.52. The second-order valence-electron chi connectivity index (χ2n) is 5.58. The van der Waals surface area contributed by atoms with Gasteiger partial charge in [-0.25, -0.2) is 0 Å². The van der Waals surface area contributed by atoms with Crippen LogP contribution in [0.25, 0.3) is 0 Å². The van der Waals surface area contributed by atoms with E-state index in [1.54, 1.807) is 0 Å². The molecule has 1 unspecified atom stereocenters. The quantitative estimate of drug-likeness (QED) is 0.777. The molecule has 2 aromatic carbocycles. The van der Waals surface area contributed by atoms with Crippen molar-refractivity contribution in [3.05, 3.63) is 70.7 Å². The van der Waals surface area contributed by atoms with E-state index in [1.807, 2.05) is 18.2 Å². The summed E-state index contributed by atoms with van der Waals surface area (Å²) in [6.07, 6.45) is 0. The zero-order valence-corrected chi connectivity index (χ0v) is 13.1. The molecule has 0 aliphatic carbocycles. The summed E-state index contributed by atoms with van der Waals surface area (Å²) in [5, 5.41) is 4.51. The van der Waals surface area contributed by atoms with Gasteiger partial charge in [-0.1, -0.05) is 67.9 Å². The third-order valence-electron chi connectivity index (χ3n) is 3.60. The Morgan fingerprint density at radius 3 is 2.10 bits per heavy atom. The highest BCUT2D eigenvalue weighted by Gasteiger charge is 2.18. The maximum absolute atomic E-state index is 6.08. The summed E-state index contributed by atoms with van der Waals surface area (Å²) in [6.45, 7) is 6.68. The Hall–Kier alpha value is -1.31. The predicted octanol–water partition coefficient (Wildman–Crippen LogP) is 5.39. The Labute approximate surface area is 127 Å². The smallest absolute Gasteiger partial charge is 0.0409 e. The van der Waals surface area contributed by atoms with Crippen molar-refractivity contribution in [2.24, 2.45) is 5.92 Å². The van der Waals surface area contributed by atoms with Crippen molar-refractivity contribution in [3.8, 4) is 0 Å². The lowest BCUT2D eigenvalue weighted by Crippen LogP contribution is -2.28. The molecule has 2 rings (SSSR count). The van der Waals surface area contributed by atoms with Gasteiger partial charge < -0.3 is 5.32 Å². The molecule has 0 fully saturated rings. The molecule has 0 saturated carbocycles. The lowest BCUT2D eigenvalue weighted by atomic mass is 9.94. The van der Waals surface area contributed by atoms with E-state index < -0.39 is 0 Å². The average Bonchev–Trinajstić information content (AvgIpc) is 2.45. The van der Waals surface area contributed by atoms with Crippen LogP contribution in [-0.2, 0) is 0 Å². The van der Waals surface area contributed by atoms with E-state index in [0.717, 1.165) is 5.02 Å². The van der Waals surface area contributed by atoms with Crippen molar-refractivity contribution in [2.75, 3.05) is 0 Å². The number of rotatable bonds is 5.